The zero-order valence-electron chi connectivity index (χ0n) is 16.3. The van der Waals surface area contributed by atoms with Crippen LogP contribution in [0.5, 0.6) is 0 Å². The van der Waals surface area contributed by atoms with E-state index < -0.39 is 0 Å². The van der Waals surface area contributed by atoms with Crippen LogP contribution in [0, 0.1) is 13.8 Å². The number of aromatic nitrogens is 1. The zero-order valence-corrected chi connectivity index (χ0v) is 17.9. The lowest BCUT2D eigenvalue weighted by molar-refractivity contribution is 0.0977. The van der Waals surface area contributed by atoms with Crippen LogP contribution in [0.3, 0.4) is 0 Å². The summed E-state index contributed by atoms with van der Waals surface area (Å²) in [6, 6.07) is 18.2. The summed E-state index contributed by atoms with van der Waals surface area (Å²) in [5, 5.41) is 6.41. The van der Waals surface area contributed by atoms with E-state index in [1.54, 1.807) is 24.3 Å². The first kappa shape index (κ1) is 20.1. The van der Waals surface area contributed by atoms with Crippen molar-refractivity contribution in [1.82, 2.24) is 10.3 Å². The van der Waals surface area contributed by atoms with Gasteiger partial charge in [-0.1, -0.05) is 29.3 Å². The molecular formula is C23H18ClN3O2S. The lowest BCUT2D eigenvalue weighted by atomic mass is 10.1. The molecule has 5 nitrogen and oxygen atoms in total. The van der Waals surface area contributed by atoms with E-state index in [0.29, 0.717) is 33.3 Å². The van der Waals surface area contributed by atoms with Gasteiger partial charge in [0.2, 0.25) is 5.89 Å². The van der Waals surface area contributed by atoms with Gasteiger partial charge in [0.05, 0.1) is 0 Å². The van der Waals surface area contributed by atoms with Gasteiger partial charge in [-0.15, -0.1) is 0 Å². The SMILES string of the molecule is Cc1ccc(-c2nc3cc(NC(=S)NC(=O)c4ccc(Cl)cc4)ccc3o2)c(C)c1. The Morgan fingerprint density at radius 3 is 2.53 bits per heavy atom. The van der Waals surface area contributed by atoms with Crippen LogP contribution in [0.1, 0.15) is 21.5 Å². The van der Waals surface area contributed by atoms with Crippen molar-refractivity contribution >= 4 is 51.6 Å². The van der Waals surface area contributed by atoms with Crippen LogP contribution in [0.4, 0.5) is 5.69 Å². The van der Waals surface area contributed by atoms with Crippen LogP contribution < -0.4 is 10.6 Å². The average molecular weight is 436 g/mol. The first-order valence-electron chi connectivity index (χ1n) is 9.25. The molecule has 0 unspecified atom stereocenters. The number of benzene rings is 3. The van der Waals surface area contributed by atoms with Gasteiger partial charge >= 0.3 is 0 Å². The number of hydrogen-bond donors (Lipinski definition) is 2. The second kappa shape index (κ2) is 8.26. The third-order valence-electron chi connectivity index (χ3n) is 4.59. The molecule has 0 aliphatic carbocycles. The summed E-state index contributed by atoms with van der Waals surface area (Å²) in [6.07, 6.45) is 0. The summed E-state index contributed by atoms with van der Waals surface area (Å²) >= 11 is 11.1. The van der Waals surface area contributed by atoms with Crippen LogP contribution >= 0.6 is 23.8 Å². The van der Waals surface area contributed by atoms with Gasteiger partial charge in [0.25, 0.3) is 5.91 Å². The standard InChI is InChI=1S/C23H18ClN3O2S/c1-13-3-9-18(14(2)11-13)22-26-19-12-17(8-10-20(19)29-22)25-23(30)27-21(28)15-4-6-16(24)7-5-15/h3-12H,1-2H3,(H2,25,27,28,30). The van der Waals surface area contributed by atoms with Gasteiger partial charge in [-0.2, -0.15) is 0 Å². The van der Waals surface area contributed by atoms with Crippen molar-refractivity contribution in [1.29, 1.82) is 0 Å². The molecule has 0 saturated heterocycles. The third-order valence-corrected chi connectivity index (χ3v) is 5.05. The maximum absolute atomic E-state index is 12.3. The van der Waals surface area contributed by atoms with Crippen molar-refractivity contribution in [2.45, 2.75) is 13.8 Å². The van der Waals surface area contributed by atoms with Gasteiger partial charge in [-0.3, -0.25) is 10.1 Å². The molecule has 0 radical (unpaired) electrons. The van der Waals surface area contributed by atoms with E-state index in [-0.39, 0.29) is 11.0 Å². The highest BCUT2D eigenvalue weighted by molar-refractivity contribution is 7.80. The van der Waals surface area contributed by atoms with Gasteiger partial charge < -0.3 is 9.73 Å². The minimum Gasteiger partial charge on any atom is -0.436 e. The van der Waals surface area contributed by atoms with Crippen LogP contribution in [0.25, 0.3) is 22.6 Å². The van der Waals surface area contributed by atoms with Gasteiger partial charge in [-0.05, 0) is 80.2 Å². The highest BCUT2D eigenvalue weighted by atomic mass is 35.5. The summed E-state index contributed by atoms with van der Waals surface area (Å²) in [5.74, 6) is 0.252. The van der Waals surface area contributed by atoms with Crippen LogP contribution in [0.2, 0.25) is 5.02 Å². The molecule has 0 bridgehead atoms. The number of anilines is 1. The second-order valence-electron chi connectivity index (χ2n) is 6.94. The van der Waals surface area contributed by atoms with Gasteiger partial charge in [0.1, 0.15) is 5.52 Å². The summed E-state index contributed by atoms with van der Waals surface area (Å²) in [6.45, 7) is 4.08. The first-order chi connectivity index (χ1) is 14.4. The summed E-state index contributed by atoms with van der Waals surface area (Å²) in [4.78, 5) is 16.9. The Balaban J connectivity index is 1.50. The van der Waals surface area contributed by atoms with Crippen LogP contribution in [0.15, 0.2) is 65.1 Å². The Morgan fingerprint density at radius 2 is 1.80 bits per heavy atom. The Hall–Kier alpha value is -3.22. The quantitative estimate of drug-likeness (QED) is 0.392. The van der Waals surface area contributed by atoms with E-state index in [1.165, 1.54) is 5.56 Å². The van der Waals surface area contributed by atoms with Gasteiger partial charge in [0.15, 0.2) is 10.7 Å². The number of halogens is 1. The normalized spacial score (nSPS) is 10.8. The number of rotatable bonds is 3. The lowest BCUT2D eigenvalue weighted by Crippen LogP contribution is -2.34. The molecule has 7 heteroatoms. The Morgan fingerprint density at radius 1 is 1.03 bits per heavy atom. The minimum absolute atomic E-state index is 0.187. The van der Waals surface area contributed by atoms with E-state index >= 15 is 0 Å². The molecule has 0 saturated carbocycles. The number of aryl methyl sites for hydroxylation is 2. The molecular weight excluding hydrogens is 418 g/mol. The number of nitrogens with zero attached hydrogens (tertiary/aromatic N) is 1. The Kier molecular flexibility index (Phi) is 5.53. The molecule has 0 aliphatic rings. The number of amides is 1. The Labute approximate surface area is 184 Å². The van der Waals surface area contributed by atoms with Gasteiger partial charge in [0, 0.05) is 21.8 Å². The second-order valence-corrected chi connectivity index (χ2v) is 7.78. The molecule has 0 fully saturated rings. The van der Waals surface area contributed by atoms with Crippen LogP contribution in [-0.4, -0.2) is 16.0 Å². The largest absolute Gasteiger partial charge is 0.436 e. The fourth-order valence-electron chi connectivity index (χ4n) is 3.11. The number of fused-ring (bicyclic) bond motifs is 1. The van der Waals surface area contributed by atoms with Crippen molar-refractivity contribution in [3.63, 3.8) is 0 Å². The van der Waals surface area contributed by atoms with E-state index in [1.807, 2.05) is 37.3 Å². The monoisotopic (exact) mass is 435 g/mol. The molecule has 150 valence electrons. The number of nitrogens with one attached hydrogen (secondary N) is 2. The predicted molar refractivity (Wildman–Crippen MR) is 124 cm³/mol. The molecule has 3 aromatic carbocycles. The number of thiocarbonyl (C=S) groups is 1. The summed E-state index contributed by atoms with van der Waals surface area (Å²) < 4.78 is 5.91. The molecule has 4 aromatic rings. The highest BCUT2D eigenvalue weighted by Gasteiger charge is 2.12. The number of oxazole rings is 1. The van der Waals surface area contributed by atoms with E-state index in [9.17, 15) is 4.79 Å². The zero-order chi connectivity index (χ0) is 21.3. The summed E-state index contributed by atoms with van der Waals surface area (Å²) in [5.41, 5.74) is 5.78. The topological polar surface area (TPSA) is 67.2 Å². The first-order valence-corrected chi connectivity index (χ1v) is 10.0. The minimum atomic E-state index is -0.316. The Bertz CT molecular complexity index is 1270. The maximum atomic E-state index is 12.3. The molecule has 4 rings (SSSR count). The molecule has 2 N–H and O–H groups in total. The number of hydrogen-bond acceptors (Lipinski definition) is 4. The number of carbonyl (C=O) groups is 1. The fourth-order valence-corrected chi connectivity index (χ4v) is 3.45. The van der Waals surface area contributed by atoms with Crippen LogP contribution in [-0.2, 0) is 0 Å². The lowest BCUT2D eigenvalue weighted by Gasteiger charge is -2.09. The molecule has 1 amide bonds. The van der Waals surface area contributed by atoms with Crippen molar-refractivity contribution in [2.24, 2.45) is 0 Å². The third kappa shape index (κ3) is 4.35. The van der Waals surface area contributed by atoms with Crippen molar-refractivity contribution < 1.29 is 9.21 Å². The van der Waals surface area contributed by atoms with Gasteiger partial charge in [-0.25, -0.2) is 4.98 Å². The smallest absolute Gasteiger partial charge is 0.257 e. The van der Waals surface area contributed by atoms with E-state index in [4.69, 9.17) is 28.2 Å². The molecule has 0 spiro atoms. The van der Waals surface area contributed by atoms with E-state index in [2.05, 4.69) is 28.6 Å². The maximum Gasteiger partial charge on any atom is 0.257 e. The van der Waals surface area contributed by atoms with Crippen molar-refractivity contribution in [3.05, 3.63) is 82.4 Å². The molecule has 30 heavy (non-hydrogen) atoms. The van der Waals surface area contributed by atoms with Crippen molar-refractivity contribution in [2.75, 3.05) is 5.32 Å². The average Bonchev–Trinajstić information content (AvgIpc) is 3.11. The number of carbonyl (C=O) groups excluding carboxylic acids is 1. The highest BCUT2D eigenvalue weighted by Crippen LogP contribution is 2.28. The van der Waals surface area contributed by atoms with E-state index in [0.717, 1.165) is 11.1 Å². The molecule has 1 aromatic heterocycles. The summed E-state index contributed by atoms with van der Waals surface area (Å²) in [7, 11) is 0. The molecule has 1 heterocycles. The predicted octanol–water partition coefficient (Wildman–Crippen LogP) is 5.89. The van der Waals surface area contributed by atoms with Crippen molar-refractivity contribution in [3.8, 4) is 11.5 Å². The fraction of sp³-hybridized carbons (Fsp3) is 0.0870. The molecule has 0 aliphatic heterocycles. The molecule has 0 atom stereocenters.